The lowest BCUT2D eigenvalue weighted by molar-refractivity contribution is -0.177. The molecule has 0 aliphatic heterocycles. The van der Waals surface area contributed by atoms with Gasteiger partial charge in [0.15, 0.2) is 5.58 Å². The maximum atomic E-state index is 13.0. The van der Waals surface area contributed by atoms with Gasteiger partial charge in [-0.2, -0.15) is 0 Å². The summed E-state index contributed by atoms with van der Waals surface area (Å²) < 4.78 is 5.79. The lowest BCUT2D eigenvalue weighted by atomic mass is 10.1. The van der Waals surface area contributed by atoms with Crippen molar-refractivity contribution in [2.45, 2.75) is 45.2 Å². The van der Waals surface area contributed by atoms with Crippen LogP contribution in [0.1, 0.15) is 43.5 Å². The molecule has 0 bridgehead atoms. The van der Waals surface area contributed by atoms with Crippen molar-refractivity contribution in [3.63, 3.8) is 0 Å². The molecule has 2 amide bonds. The van der Waals surface area contributed by atoms with Crippen LogP contribution in [0.15, 0.2) is 52.9 Å². The van der Waals surface area contributed by atoms with Crippen LogP contribution >= 0.6 is 0 Å². The van der Waals surface area contributed by atoms with Crippen LogP contribution in [0.25, 0.3) is 22.6 Å². The number of oxazole rings is 1. The third-order valence-corrected chi connectivity index (χ3v) is 6.01. The minimum absolute atomic E-state index is 0.0290. The van der Waals surface area contributed by atoms with Gasteiger partial charge in [-0.05, 0) is 69.5 Å². The number of rotatable bonds is 5. The number of carbonyl (C=O) groups is 2. The molecule has 2 atom stereocenters. The van der Waals surface area contributed by atoms with Gasteiger partial charge in [-0.1, -0.05) is 12.1 Å². The van der Waals surface area contributed by atoms with Crippen molar-refractivity contribution in [1.29, 1.82) is 0 Å². The highest BCUT2D eigenvalue weighted by atomic mass is 16.5. The number of hydrogen-bond acceptors (Lipinski definition) is 5. The Hall–Kier alpha value is -3.19. The van der Waals surface area contributed by atoms with Crippen molar-refractivity contribution < 1.29 is 19.2 Å². The Labute approximate surface area is 181 Å². The molecule has 1 aliphatic carbocycles. The summed E-state index contributed by atoms with van der Waals surface area (Å²) in [5, 5.41) is 10.7. The van der Waals surface area contributed by atoms with E-state index in [0.29, 0.717) is 24.3 Å². The van der Waals surface area contributed by atoms with E-state index in [-0.39, 0.29) is 29.8 Å². The minimum atomic E-state index is -0.263. The molecule has 1 fully saturated rings. The Kier molecular flexibility index (Phi) is 5.78. The fraction of sp³-hybridized carbons (Fsp3) is 0.375. The first-order chi connectivity index (χ1) is 14.8. The molecule has 2 aromatic carbocycles. The quantitative estimate of drug-likeness (QED) is 0.489. The van der Waals surface area contributed by atoms with Gasteiger partial charge in [0.25, 0.3) is 5.91 Å². The largest absolute Gasteiger partial charge is 0.436 e. The molecule has 0 spiro atoms. The number of aromatic nitrogens is 1. The standard InChI is InChI=1S/C24H27N3O4/c1-15(2)27(30)24(29)18-12-13-19(14-18)26(3)23(28)17-10-8-16(9-11-17)22-25-20-6-4-5-7-21(20)31-22/h4-11,15,18-19,30H,12-14H2,1-3H3/t18-,19+/m0/s1. The molecule has 7 heteroatoms. The van der Waals surface area contributed by atoms with E-state index < -0.39 is 0 Å². The van der Waals surface area contributed by atoms with E-state index in [2.05, 4.69) is 4.98 Å². The molecular formula is C24H27N3O4. The third-order valence-electron chi connectivity index (χ3n) is 6.01. The highest BCUT2D eigenvalue weighted by molar-refractivity contribution is 5.94. The van der Waals surface area contributed by atoms with Gasteiger partial charge in [-0.25, -0.2) is 10.0 Å². The molecule has 1 aliphatic rings. The second-order valence-electron chi connectivity index (χ2n) is 8.42. The van der Waals surface area contributed by atoms with E-state index in [0.717, 1.165) is 28.1 Å². The van der Waals surface area contributed by atoms with Gasteiger partial charge in [0.05, 0.1) is 6.04 Å². The summed E-state index contributed by atoms with van der Waals surface area (Å²) in [6.07, 6.45) is 1.97. The summed E-state index contributed by atoms with van der Waals surface area (Å²) in [5.41, 5.74) is 2.89. The first kappa shape index (κ1) is 21.1. The molecule has 0 saturated heterocycles. The van der Waals surface area contributed by atoms with Crippen LogP contribution in [0, 0.1) is 5.92 Å². The summed E-state index contributed by atoms with van der Waals surface area (Å²) in [5.74, 6) is -0.0911. The highest BCUT2D eigenvalue weighted by Gasteiger charge is 2.36. The minimum Gasteiger partial charge on any atom is -0.436 e. The molecule has 3 aromatic rings. The van der Waals surface area contributed by atoms with Crippen molar-refractivity contribution in [2.75, 3.05) is 7.05 Å². The molecule has 31 heavy (non-hydrogen) atoms. The average Bonchev–Trinajstić information content (AvgIpc) is 3.44. The van der Waals surface area contributed by atoms with Crippen LogP contribution < -0.4 is 0 Å². The predicted octanol–water partition coefficient (Wildman–Crippen LogP) is 4.36. The summed E-state index contributed by atoms with van der Waals surface area (Å²) in [4.78, 5) is 31.6. The second-order valence-corrected chi connectivity index (χ2v) is 8.42. The zero-order valence-electron chi connectivity index (χ0n) is 18.0. The van der Waals surface area contributed by atoms with Crippen LogP contribution in [-0.2, 0) is 4.79 Å². The highest BCUT2D eigenvalue weighted by Crippen LogP contribution is 2.31. The van der Waals surface area contributed by atoms with Gasteiger partial charge >= 0.3 is 0 Å². The van der Waals surface area contributed by atoms with E-state index in [1.165, 1.54) is 0 Å². The van der Waals surface area contributed by atoms with E-state index in [1.54, 1.807) is 37.9 Å². The maximum absolute atomic E-state index is 13.0. The topological polar surface area (TPSA) is 86.9 Å². The van der Waals surface area contributed by atoms with E-state index >= 15 is 0 Å². The second kappa shape index (κ2) is 8.51. The van der Waals surface area contributed by atoms with Crippen LogP contribution in [-0.4, -0.2) is 51.1 Å². The molecule has 4 rings (SSSR count). The van der Waals surface area contributed by atoms with E-state index in [1.807, 2.05) is 36.4 Å². The Morgan fingerprint density at radius 2 is 1.81 bits per heavy atom. The van der Waals surface area contributed by atoms with Crippen molar-refractivity contribution in [3.8, 4) is 11.5 Å². The van der Waals surface area contributed by atoms with Gasteiger partial charge in [-0.15, -0.1) is 0 Å². The molecular weight excluding hydrogens is 394 g/mol. The fourth-order valence-electron chi connectivity index (χ4n) is 4.10. The van der Waals surface area contributed by atoms with Crippen molar-refractivity contribution in [3.05, 3.63) is 54.1 Å². The van der Waals surface area contributed by atoms with Crippen molar-refractivity contribution in [1.82, 2.24) is 14.9 Å². The summed E-state index contributed by atoms with van der Waals surface area (Å²) >= 11 is 0. The van der Waals surface area contributed by atoms with Crippen LogP contribution in [0.5, 0.6) is 0 Å². The smallest absolute Gasteiger partial charge is 0.253 e. The van der Waals surface area contributed by atoms with E-state index in [9.17, 15) is 14.8 Å². The normalized spacial score (nSPS) is 18.5. The zero-order chi connectivity index (χ0) is 22.1. The van der Waals surface area contributed by atoms with Crippen LogP contribution in [0.2, 0.25) is 0 Å². The lowest BCUT2D eigenvalue weighted by Gasteiger charge is -2.26. The maximum Gasteiger partial charge on any atom is 0.253 e. The molecule has 1 aromatic heterocycles. The lowest BCUT2D eigenvalue weighted by Crippen LogP contribution is -2.39. The van der Waals surface area contributed by atoms with E-state index in [4.69, 9.17) is 4.42 Å². The summed E-state index contributed by atoms with van der Waals surface area (Å²) in [6, 6.07) is 14.5. The van der Waals surface area contributed by atoms with Gasteiger partial charge in [-0.3, -0.25) is 14.8 Å². The number of amides is 2. The Bertz CT molecular complexity index is 1060. The SMILES string of the molecule is CC(C)N(O)C(=O)[C@H]1CC[C@@H](N(C)C(=O)c2ccc(-c3nc4ccccc4o3)cc2)C1. The first-order valence-electron chi connectivity index (χ1n) is 10.6. The van der Waals surface area contributed by atoms with Gasteiger partial charge in [0.2, 0.25) is 11.8 Å². The molecule has 1 heterocycles. The molecule has 0 unspecified atom stereocenters. The summed E-state index contributed by atoms with van der Waals surface area (Å²) in [6.45, 7) is 3.54. The molecule has 162 valence electrons. The van der Waals surface area contributed by atoms with Gasteiger partial charge in [0.1, 0.15) is 5.52 Å². The van der Waals surface area contributed by atoms with Gasteiger partial charge in [0, 0.05) is 30.1 Å². The average molecular weight is 421 g/mol. The first-order valence-corrected chi connectivity index (χ1v) is 10.6. The molecule has 0 radical (unpaired) electrons. The number of nitrogens with zero attached hydrogens (tertiary/aromatic N) is 3. The zero-order valence-corrected chi connectivity index (χ0v) is 18.0. The predicted molar refractivity (Wildman–Crippen MR) is 116 cm³/mol. The molecule has 1 N–H and O–H groups in total. The fourth-order valence-corrected chi connectivity index (χ4v) is 4.10. The number of benzene rings is 2. The third kappa shape index (κ3) is 4.18. The number of carbonyl (C=O) groups excluding carboxylic acids is 2. The Morgan fingerprint density at radius 3 is 2.48 bits per heavy atom. The number of hydrogen-bond donors (Lipinski definition) is 1. The molecule has 7 nitrogen and oxygen atoms in total. The number of fused-ring (bicyclic) bond motifs is 1. The Balaban J connectivity index is 1.43. The van der Waals surface area contributed by atoms with Crippen molar-refractivity contribution >= 4 is 22.9 Å². The number of hydroxylamine groups is 2. The number of para-hydroxylation sites is 2. The molecule has 1 saturated carbocycles. The van der Waals surface area contributed by atoms with Crippen LogP contribution in [0.3, 0.4) is 0 Å². The van der Waals surface area contributed by atoms with Crippen LogP contribution in [0.4, 0.5) is 0 Å². The van der Waals surface area contributed by atoms with Gasteiger partial charge < -0.3 is 9.32 Å². The monoisotopic (exact) mass is 421 g/mol. The Morgan fingerprint density at radius 1 is 1.10 bits per heavy atom. The summed E-state index contributed by atoms with van der Waals surface area (Å²) in [7, 11) is 1.77. The van der Waals surface area contributed by atoms with Crippen molar-refractivity contribution in [2.24, 2.45) is 5.92 Å².